The fourth-order valence-corrected chi connectivity index (χ4v) is 4.80. The molecule has 0 bridgehead atoms. The van der Waals surface area contributed by atoms with Gasteiger partial charge in [-0.15, -0.1) is 11.3 Å². The van der Waals surface area contributed by atoms with E-state index in [-0.39, 0.29) is 5.91 Å². The molecule has 0 spiro atoms. The Hall–Kier alpha value is -3.95. The van der Waals surface area contributed by atoms with Crippen LogP contribution in [0.1, 0.15) is 28.6 Å². The second kappa shape index (κ2) is 8.89. The summed E-state index contributed by atoms with van der Waals surface area (Å²) in [6, 6.07) is 25.7. The Kier molecular flexibility index (Phi) is 5.64. The van der Waals surface area contributed by atoms with Crippen molar-refractivity contribution in [3.63, 3.8) is 0 Å². The summed E-state index contributed by atoms with van der Waals surface area (Å²) < 4.78 is 5.87. The average molecular weight is 452 g/mol. The van der Waals surface area contributed by atoms with Gasteiger partial charge in [-0.25, -0.2) is 4.98 Å². The number of nitrogens with zero attached hydrogens (tertiary/aromatic N) is 3. The van der Waals surface area contributed by atoms with Crippen molar-refractivity contribution in [3.05, 3.63) is 99.9 Å². The minimum atomic E-state index is -0.589. The van der Waals surface area contributed by atoms with E-state index in [2.05, 4.69) is 18.2 Å². The van der Waals surface area contributed by atoms with Gasteiger partial charge in [-0.05, 0) is 42.3 Å². The fourth-order valence-electron chi connectivity index (χ4n) is 3.96. The lowest BCUT2D eigenvalue weighted by molar-refractivity contribution is -0.125. The molecule has 1 atom stereocenters. The fraction of sp³-hybridized carbons (Fsp3) is 0.148. The maximum Gasteiger partial charge on any atom is 0.268 e. The highest BCUT2D eigenvalue weighted by Crippen LogP contribution is 2.39. The summed E-state index contributed by atoms with van der Waals surface area (Å²) in [7, 11) is 0. The standard InChI is InChI=1S/C27H21N3O2S/c1-18-27(31)30(16-22-10-6-5-9-21(22)15-28)24-14-20(11-12-25(24)32-18)23-17-33-26(29-23)13-19-7-3-2-4-8-19/h2-12,14,17-18H,13,16H2,1H3. The molecule has 0 aliphatic carbocycles. The smallest absolute Gasteiger partial charge is 0.268 e. The van der Waals surface area contributed by atoms with Crippen molar-refractivity contribution in [2.45, 2.75) is 26.0 Å². The predicted octanol–water partition coefficient (Wildman–Crippen LogP) is 5.59. The summed E-state index contributed by atoms with van der Waals surface area (Å²) in [5.41, 5.74) is 5.08. The third kappa shape index (κ3) is 4.23. The minimum absolute atomic E-state index is 0.129. The molecule has 1 aliphatic heterocycles. The van der Waals surface area contributed by atoms with Gasteiger partial charge in [-0.1, -0.05) is 48.5 Å². The van der Waals surface area contributed by atoms with Crippen LogP contribution in [0.5, 0.6) is 5.75 Å². The third-order valence-electron chi connectivity index (χ3n) is 5.68. The second-order valence-corrected chi connectivity index (χ2v) is 8.87. The predicted molar refractivity (Wildman–Crippen MR) is 129 cm³/mol. The molecule has 1 amide bonds. The molecule has 5 rings (SSSR count). The van der Waals surface area contributed by atoms with Crippen LogP contribution in [0.25, 0.3) is 11.3 Å². The molecule has 3 aromatic carbocycles. The Bertz CT molecular complexity index is 1360. The molecular formula is C27H21N3O2S. The molecule has 2 heterocycles. The van der Waals surface area contributed by atoms with E-state index in [1.54, 1.807) is 29.2 Å². The number of carbonyl (C=O) groups is 1. The summed E-state index contributed by atoms with van der Waals surface area (Å²) in [5.74, 6) is 0.524. The van der Waals surface area contributed by atoms with Crippen LogP contribution in [0.15, 0.2) is 78.2 Å². The molecular weight excluding hydrogens is 430 g/mol. The van der Waals surface area contributed by atoms with Gasteiger partial charge in [0.05, 0.1) is 34.6 Å². The lowest BCUT2D eigenvalue weighted by atomic mass is 10.0. The van der Waals surface area contributed by atoms with Gasteiger partial charge in [0.25, 0.3) is 5.91 Å². The van der Waals surface area contributed by atoms with Crippen LogP contribution in [0.2, 0.25) is 0 Å². The molecule has 5 nitrogen and oxygen atoms in total. The summed E-state index contributed by atoms with van der Waals surface area (Å²) in [5, 5.41) is 12.6. The maximum absolute atomic E-state index is 13.1. The van der Waals surface area contributed by atoms with Crippen molar-refractivity contribution in [1.29, 1.82) is 5.26 Å². The Morgan fingerprint density at radius 3 is 2.70 bits per heavy atom. The summed E-state index contributed by atoms with van der Waals surface area (Å²) >= 11 is 1.63. The van der Waals surface area contributed by atoms with E-state index in [4.69, 9.17) is 9.72 Å². The number of benzene rings is 3. The lowest BCUT2D eigenvalue weighted by Gasteiger charge is -2.33. The van der Waals surface area contributed by atoms with Gasteiger partial charge in [-0.2, -0.15) is 5.26 Å². The SMILES string of the molecule is CC1Oc2ccc(-c3csc(Cc4ccccc4)n3)cc2N(Cc2ccccc2C#N)C1=O. The van der Waals surface area contributed by atoms with E-state index in [1.165, 1.54) is 5.56 Å². The van der Waals surface area contributed by atoms with Gasteiger partial charge in [-0.3, -0.25) is 4.79 Å². The van der Waals surface area contributed by atoms with E-state index < -0.39 is 6.10 Å². The van der Waals surface area contributed by atoms with Gasteiger partial charge in [0.2, 0.25) is 0 Å². The van der Waals surface area contributed by atoms with Crippen LogP contribution in [0, 0.1) is 11.3 Å². The van der Waals surface area contributed by atoms with Crippen molar-refractivity contribution in [2.24, 2.45) is 0 Å². The lowest BCUT2D eigenvalue weighted by Crippen LogP contribution is -2.44. The van der Waals surface area contributed by atoms with E-state index in [0.717, 1.165) is 28.2 Å². The van der Waals surface area contributed by atoms with Crippen molar-refractivity contribution < 1.29 is 9.53 Å². The quantitative estimate of drug-likeness (QED) is 0.397. The third-order valence-corrected chi connectivity index (χ3v) is 6.53. The van der Waals surface area contributed by atoms with Gasteiger partial charge in [0, 0.05) is 17.4 Å². The molecule has 1 aliphatic rings. The maximum atomic E-state index is 13.1. The Balaban J connectivity index is 1.48. The number of anilines is 1. The molecule has 0 saturated carbocycles. The highest BCUT2D eigenvalue weighted by molar-refractivity contribution is 7.10. The van der Waals surface area contributed by atoms with E-state index in [0.29, 0.717) is 23.5 Å². The molecule has 33 heavy (non-hydrogen) atoms. The molecule has 1 aromatic heterocycles. The van der Waals surface area contributed by atoms with E-state index in [9.17, 15) is 10.1 Å². The number of thiazole rings is 1. The molecule has 4 aromatic rings. The molecule has 0 fully saturated rings. The molecule has 0 N–H and O–H groups in total. The Labute approximate surface area is 196 Å². The first-order valence-electron chi connectivity index (χ1n) is 10.7. The highest BCUT2D eigenvalue weighted by Gasteiger charge is 2.32. The normalized spacial score (nSPS) is 15.0. The number of amides is 1. The topological polar surface area (TPSA) is 66.2 Å². The van der Waals surface area contributed by atoms with Crippen LogP contribution in [0.3, 0.4) is 0 Å². The van der Waals surface area contributed by atoms with Crippen LogP contribution >= 0.6 is 11.3 Å². The molecule has 0 saturated heterocycles. The molecule has 6 heteroatoms. The van der Waals surface area contributed by atoms with Crippen LogP contribution in [0.4, 0.5) is 5.69 Å². The number of hydrogen-bond acceptors (Lipinski definition) is 5. The zero-order valence-corrected chi connectivity index (χ0v) is 18.9. The number of fused-ring (bicyclic) bond motifs is 1. The van der Waals surface area contributed by atoms with E-state index in [1.807, 2.05) is 60.0 Å². The number of rotatable bonds is 5. The highest BCUT2D eigenvalue weighted by atomic mass is 32.1. The summed E-state index contributed by atoms with van der Waals surface area (Å²) in [6.07, 6.45) is 0.196. The molecule has 1 unspecified atom stereocenters. The number of hydrogen-bond donors (Lipinski definition) is 0. The first kappa shape index (κ1) is 20.9. The number of carbonyl (C=O) groups excluding carboxylic acids is 1. The van der Waals surface area contributed by atoms with Crippen LogP contribution in [-0.2, 0) is 17.8 Å². The first-order chi connectivity index (χ1) is 16.1. The average Bonchev–Trinajstić information content (AvgIpc) is 3.31. The number of aromatic nitrogens is 1. The molecule has 162 valence electrons. The van der Waals surface area contributed by atoms with Crippen molar-refractivity contribution in [3.8, 4) is 23.1 Å². The van der Waals surface area contributed by atoms with Gasteiger partial charge in [0.15, 0.2) is 6.10 Å². The second-order valence-electron chi connectivity index (χ2n) is 7.92. The van der Waals surface area contributed by atoms with Crippen molar-refractivity contribution in [1.82, 2.24) is 4.98 Å². The minimum Gasteiger partial charge on any atom is -0.479 e. The van der Waals surface area contributed by atoms with Gasteiger partial charge < -0.3 is 9.64 Å². The first-order valence-corrected chi connectivity index (χ1v) is 11.6. The zero-order valence-electron chi connectivity index (χ0n) is 18.1. The zero-order chi connectivity index (χ0) is 22.8. The van der Waals surface area contributed by atoms with Gasteiger partial charge in [0.1, 0.15) is 5.75 Å². The Morgan fingerprint density at radius 1 is 1.09 bits per heavy atom. The van der Waals surface area contributed by atoms with Crippen molar-refractivity contribution >= 4 is 22.9 Å². The summed E-state index contributed by atoms with van der Waals surface area (Å²) in [6.45, 7) is 2.06. The van der Waals surface area contributed by atoms with Crippen LogP contribution < -0.4 is 9.64 Å². The van der Waals surface area contributed by atoms with Crippen LogP contribution in [-0.4, -0.2) is 17.0 Å². The largest absolute Gasteiger partial charge is 0.479 e. The Morgan fingerprint density at radius 2 is 1.88 bits per heavy atom. The monoisotopic (exact) mass is 451 g/mol. The van der Waals surface area contributed by atoms with E-state index >= 15 is 0 Å². The number of nitriles is 1. The van der Waals surface area contributed by atoms with Crippen molar-refractivity contribution in [2.75, 3.05) is 4.90 Å². The van der Waals surface area contributed by atoms with Gasteiger partial charge >= 0.3 is 0 Å². The molecule has 0 radical (unpaired) electrons. The summed E-state index contributed by atoms with van der Waals surface area (Å²) in [4.78, 5) is 19.6. The number of ether oxygens (including phenoxy) is 1.